The molecule has 2 rings (SSSR count). The third kappa shape index (κ3) is 3.27. The van der Waals surface area contributed by atoms with Gasteiger partial charge in [-0.3, -0.25) is 0 Å². The van der Waals surface area contributed by atoms with Gasteiger partial charge in [-0.15, -0.1) is 0 Å². The predicted octanol–water partition coefficient (Wildman–Crippen LogP) is 4.68. The van der Waals surface area contributed by atoms with Crippen LogP contribution in [-0.4, -0.2) is 0 Å². The van der Waals surface area contributed by atoms with E-state index in [0.29, 0.717) is 11.4 Å². The molecule has 1 unspecified atom stereocenters. The van der Waals surface area contributed by atoms with Gasteiger partial charge in [-0.25, -0.2) is 4.39 Å². The Bertz CT molecular complexity index is 599. The largest absolute Gasteiger partial charge is 0.324 e. The Hall–Kier alpha value is -1.09. The molecule has 2 aromatic carbocycles. The second-order valence-corrected chi connectivity index (χ2v) is 5.32. The second kappa shape index (κ2) is 5.91. The van der Waals surface area contributed by atoms with E-state index in [1.165, 1.54) is 6.07 Å². The fourth-order valence-electron chi connectivity index (χ4n) is 1.99. The van der Waals surface area contributed by atoms with Crippen LogP contribution in [0.25, 0.3) is 0 Å². The van der Waals surface area contributed by atoms with Crippen LogP contribution in [0.5, 0.6) is 0 Å². The first-order valence-corrected chi connectivity index (χ1v) is 6.69. The van der Waals surface area contributed by atoms with Crippen LogP contribution in [0.15, 0.2) is 36.4 Å². The molecule has 0 amide bonds. The van der Waals surface area contributed by atoms with Crippen LogP contribution in [0.4, 0.5) is 4.39 Å². The highest BCUT2D eigenvalue weighted by molar-refractivity contribution is 6.32. The number of hydrogen-bond donors (Lipinski definition) is 1. The van der Waals surface area contributed by atoms with E-state index >= 15 is 0 Å². The molecule has 0 saturated heterocycles. The molecule has 0 aliphatic rings. The summed E-state index contributed by atoms with van der Waals surface area (Å²) in [6.07, 6.45) is 0.559. The van der Waals surface area contributed by atoms with Crippen LogP contribution >= 0.6 is 23.2 Å². The second-order valence-electron chi connectivity index (χ2n) is 4.54. The molecule has 0 radical (unpaired) electrons. The Morgan fingerprint density at radius 3 is 2.63 bits per heavy atom. The lowest BCUT2D eigenvalue weighted by molar-refractivity contribution is 0.626. The van der Waals surface area contributed by atoms with Crippen molar-refractivity contribution in [3.05, 3.63) is 69.0 Å². The van der Waals surface area contributed by atoms with Gasteiger partial charge in [0.2, 0.25) is 0 Å². The summed E-state index contributed by atoms with van der Waals surface area (Å²) in [6, 6.07) is 10.2. The molecule has 0 aliphatic carbocycles. The van der Waals surface area contributed by atoms with Crippen molar-refractivity contribution in [1.82, 2.24) is 0 Å². The first-order chi connectivity index (χ1) is 8.99. The minimum atomic E-state index is -0.424. The Kier molecular flexibility index (Phi) is 4.46. The highest BCUT2D eigenvalue weighted by atomic mass is 35.5. The summed E-state index contributed by atoms with van der Waals surface area (Å²) in [5.41, 5.74) is 8.93. The van der Waals surface area contributed by atoms with Gasteiger partial charge in [0.1, 0.15) is 5.82 Å². The number of rotatable bonds is 3. The van der Waals surface area contributed by atoms with Crippen LogP contribution < -0.4 is 5.73 Å². The maximum Gasteiger partial charge on any atom is 0.141 e. The van der Waals surface area contributed by atoms with E-state index < -0.39 is 5.82 Å². The summed E-state index contributed by atoms with van der Waals surface area (Å²) in [7, 11) is 0. The zero-order chi connectivity index (χ0) is 14.0. The van der Waals surface area contributed by atoms with Gasteiger partial charge in [0.05, 0.1) is 5.02 Å². The summed E-state index contributed by atoms with van der Waals surface area (Å²) >= 11 is 12.0. The Morgan fingerprint density at radius 2 is 1.95 bits per heavy atom. The maximum atomic E-state index is 13.1. The van der Waals surface area contributed by atoms with E-state index in [9.17, 15) is 4.39 Å². The predicted molar refractivity (Wildman–Crippen MR) is 78.2 cm³/mol. The Balaban J connectivity index is 2.23. The molecule has 2 N–H and O–H groups in total. The van der Waals surface area contributed by atoms with Crippen molar-refractivity contribution in [3.8, 4) is 0 Å². The first-order valence-electron chi connectivity index (χ1n) is 5.93. The minimum Gasteiger partial charge on any atom is -0.324 e. The number of benzene rings is 2. The van der Waals surface area contributed by atoms with Gasteiger partial charge in [0.25, 0.3) is 0 Å². The lowest BCUT2D eigenvalue weighted by Crippen LogP contribution is -2.14. The average molecular weight is 298 g/mol. The summed E-state index contributed by atoms with van der Waals surface area (Å²) in [5, 5.41) is 0.795. The molecular formula is C15H14Cl2FN. The normalized spacial score (nSPS) is 12.5. The number of halogens is 3. The quantitative estimate of drug-likeness (QED) is 0.874. The van der Waals surface area contributed by atoms with E-state index in [2.05, 4.69) is 0 Å². The van der Waals surface area contributed by atoms with E-state index in [1.54, 1.807) is 12.1 Å². The van der Waals surface area contributed by atoms with Crippen molar-refractivity contribution in [2.45, 2.75) is 19.4 Å². The number of aryl methyl sites for hydroxylation is 1. The van der Waals surface area contributed by atoms with E-state index in [1.807, 2.05) is 25.1 Å². The van der Waals surface area contributed by atoms with Crippen LogP contribution in [0.2, 0.25) is 10.0 Å². The lowest BCUT2D eigenvalue weighted by atomic mass is 9.98. The van der Waals surface area contributed by atoms with Gasteiger partial charge >= 0.3 is 0 Å². The van der Waals surface area contributed by atoms with Crippen molar-refractivity contribution >= 4 is 23.2 Å². The monoisotopic (exact) mass is 297 g/mol. The highest BCUT2D eigenvalue weighted by Gasteiger charge is 2.13. The van der Waals surface area contributed by atoms with Crippen LogP contribution in [0.1, 0.15) is 22.7 Å². The lowest BCUT2D eigenvalue weighted by Gasteiger charge is -2.15. The molecule has 0 spiro atoms. The molecule has 2 aromatic rings. The molecule has 0 aromatic heterocycles. The topological polar surface area (TPSA) is 26.0 Å². The number of nitrogens with two attached hydrogens (primary N) is 1. The van der Waals surface area contributed by atoms with Crippen molar-refractivity contribution in [2.24, 2.45) is 5.73 Å². The molecular weight excluding hydrogens is 284 g/mol. The van der Waals surface area contributed by atoms with Gasteiger partial charge in [0, 0.05) is 11.1 Å². The molecule has 0 saturated carbocycles. The van der Waals surface area contributed by atoms with Gasteiger partial charge in [-0.05, 0) is 42.2 Å². The fraction of sp³-hybridized carbons (Fsp3) is 0.200. The smallest absolute Gasteiger partial charge is 0.141 e. The van der Waals surface area contributed by atoms with E-state index in [-0.39, 0.29) is 11.1 Å². The molecule has 0 aliphatic heterocycles. The average Bonchev–Trinajstić information content (AvgIpc) is 2.37. The summed E-state index contributed by atoms with van der Waals surface area (Å²) in [6.45, 7) is 1.94. The van der Waals surface area contributed by atoms with Crippen molar-refractivity contribution in [2.75, 3.05) is 0 Å². The summed E-state index contributed by atoms with van der Waals surface area (Å²) in [4.78, 5) is 0. The zero-order valence-electron chi connectivity index (χ0n) is 10.5. The van der Waals surface area contributed by atoms with E-state index in [4.69, 9.17) is 28.9 Å². The third-order valence-electron chi connectivity index (χ3n) is 3.06. The summed E-state index contributed by atoms with van der Waals surface area (Å²) < 4.78 is 13.1. The Morgan fingerprint density at radius 1 is 1.21 bits per heavy atom. The molecule has 0 heterocycles. The van der Waals surface area contributed by atoms with E-state index in [0.717, 1.165) is 16.7 Å². The van der Waals surface area contributed by atoms with Crippen molar-refractivity contribution in [3.63, 3.8) is 0 Å². The molecule has 0 fully saturated rings. The van der Waals surface area contributed by atoms with Gasteiger partial charge in [0.15, 0.2) is 0 Å². The van der Waals surface area contributed by atoms with Crippen molar-refractivity contribution < 1.29 is 4.39 Å². The highest BCUT2D eigenvalue weighted by Crippen LogP contribution is 2.27. The van der Waals surface area contributed by atoms with Crippen LogP contribution in [0, 0.1) is 12.7 Å². The van der Waals surface area contributed by atoms with Crippen LogP contribution in [-0.2, 0) is 6.42 Å². The van der Waals surface area contributed by atoms with Gasteiger partial charge in [-0.1, -0.05) is 47.5 Å². The molecule has 19 heavy (non-hydrogen) atoms. The van der Waals surface area contributed by atoms with Gasteiger partial charge < -0.3 is 5.73 Å². The molecule has 1 atom stereocenters. The fourth-order valence-corrected chi connectivity index (χ4v) is 2.46. The maximum absolute atomic E-state index is 13.1. The Labute approximate surface area is 122 Å². The zero-order valence-corrected chi connectivity index (χ0v) is 12.0. The molecule has 0 bridgehead atoms. The third-order valence-corrected chi connectivity index (χ3v) is 3.87. The molecule has 1 nitrogen and oxygen atoms in total. The minimum absolute atomic E-state index is 0.111. The molecule has 100 valence electrons. The van der Waals surface area contributed by atoms with Crippen LogP contribution in [0.3, 0.4) is 0 Å². The number of hydrogen-bond acceptors (Lipinski definition) is 1. The standard InChI is InChI=1S/C15H14Cl2FN/c1-9-3-2-4-11(15(9)17)14(19)8-10-5-6-13(18)12(16)7-10/h2-7,14H,8,19H2,1H3. The van der Waals surface area contributed by atoms with Gasteiger partial charge in [-0.2, -0.15) is 0 Å². The molecule has 4 heteroatoms. The SMILES string of the molecule is Cc1cccc(C(N)Cc2ccc(F)c(Cl)c2)c1Cl. The van der Waals surface area contributed by atoms with Crippen molar-refractivity contribution in [1.29, 1.82) is 0 Å². The first kappa shape index (κ1) is 14.3. The summed E-state index contributed by atoms with van der Waals surface area (Å²) in [5.74, 6) is -0.424.